The van der Waals surface area contributed by atoms with Gasteiger partial charge in [0, 0.05) is 37.7 Å². The Kier molecular flexibility index (Phi) is 5.49. The zero-order chi connectivity index (χ0) is 19.7. The van der Waals surface area contributed by atoms with Crippen molar-refractivity contribution < 1.29 is 9.59 Å². The largest absolute Gasteiger partial charge is 0.297 e. The van der Waals surface area contributed by atoms with Crippen LogP contribution in [0.15, 0.2) is 48.5 Å². The lowest BCUT2D eigenvalue weighted by atomic mass is 10.1. The molecule has 146 valence electrons. The van der Waals surface area contributed by atoms with Crippen LogP contribution >= 0.6 is 11.6 Å². The van der Waals surface area contributed by atoms with Gasteiger partial charge in [0.1, 0.15) is 0 Å². The maximum Gasteiger partial charge on any atom is 0.251 e. The predicted molar refractivity (Wildman–Crippen MR) is 110 cm³/mol. The van der Waals surface area contributed by atoms with Gasteiger partial charge in [-0.25, -0.2) is 4.90 Å². The van der Waals surface area contributed by atoms with Gasteiger partial charge in [-0.2, -0.15) is 0 Å². The highest BCUT2D eigenvalue weighted by Gasteiger charge is 2.43. The quantitative estimate of drug-likeness (QED) is 0.743. The topological polar surface area (TPSA) is 43.9 Å². The van der Waals surface area contributed by atoms with Gasteiger partial charge >= 0.3 is 0 Å². The molecule has 6 heteroatoms. The first-order valence-electron chi connectivity index (χ1n) is 9.65. The molecule has 5 nitrogen and oxygen atoms in total. The van der Waals surface area contributed by atoms with Crippen LogP contribution < -0.4 is 4.90 Å². The van der Waals surface area contributed by atoms with Crippen LogP contribution in [0.3, 0.4) is 0 Å². The highest BCUT2D eigenvalue weighted by atomic mass is 35.5. The van der Waals surface area contributed by atoms with Crippen molar-refractivity contribution in [2.24, 2.45) is 0 Å². The lowest BCUT2D eigenvalue weighted by molar-refractivity contribution is -0.123. The molecule has 0 radical (unpaired) electrons. The Labute approximate surface area is 170 Å². The van der Waals surface area contributed by atoms with Crippen molar-refractivity contribution in [3.8, 4) is 0 Å². The fourth-order valence-corrected chi connectivity index (χ4v) is 4.15. The van der Waals surface area contributed by atoms with E-state index in [1.54, 1.807) is 0 Å². The van der Waals surface area contributed by atoms with Crippen molar-refractivity contribution in [3.63, 3.8) is 0 Å². The highest BCUT2D eigenvalue weighted by molar-refractivity contribution is 6.30. The molecule has 2 aliphatic rings. The number of nitrogens with zero attached hydrogens (tertiary/aromatic N) is 3. The second-order valence-electron chi connectivity index (χ2n) is 7.56. The Hall–Kier alpha value is -2.21. The molecule has 0 aromatic heterocycles. The minimum atomic E-state index is -0.342. The molecule has 4 rings (SSSR count). The molecule has 2 fully saturated rings. The molecule has 2 amide bonds. The summed E-state index contributed by atoms with van der Waals surface area (Å²) >= 11 is 5.95. The van der Waals surface area contributed by atoms with E-state index in [0.29, 0.717) is 5.69 Å². The number of imide groups is 1. The van der Waals surface area contributed by atoms with Crippen LogP contribution in [-0.4, -0.2) is 53.8 Å². The molecule has 2 heterocycles. The number of hydrogen-bond acceptors (Lipinski definition) is 4. The van der Waals surface area contributed by atoms with Crippen LogP contribution in [0, 0.1) is 6.92 Å². The van der Waals surface area contributed by atoms with Gasteiger partial charge in [-0.1, -0.05) is 35.9 Å². The van der Waals surface area contributed by atoms with Crippen LogP contribution in [0.2, 0.25) is 5.02 Å². The number of rotatable bonds is 4. The van der Waals surface area contributed by atoms with E-state index >= 15 is 0 Å². The van der Waals surface area contributed by atoms with Gasteiger partial charge in [0.05, 0.1) is 18.2 Å². The number of amides is 2. The van der Waals surface area contributed by atoms with E-state index in [4.69, 9.17) is 11.6 Å². The third-order valence-corrected chi connectivity index (χ3v) is 5.80. The van der Waals surface area contributed by atoms with Crippen molar-refractivity contribution in [1.82, 2.24) is 9.80 Å². The second kappa shape index (κ2) is 8.03. The Balaban J connectivity index is 1.37. The Bertz CT molecular complexity index is 876. The molecule has 28 heavy (non-hydrogen) atoms. The molecule has 2 aromatic carbocycles. The van der Waals surface area contributed by atoms with Gasteiger partial charge in [0.2, 0.25) is 5.91 Å². The molecule has 2 aromatic rings. The van der Waals surface area contributed by atoms with E-state index in [0.717, 1.165) is 43.3 Å². The number of carbonyl (C=O) groups is 2. The van der Waals surface area contributed by atoms with E-state index in [1.807, 2.05) is 55.5 Å². The average Bonchev–Trinajstić information content (AvgIpc) is 2.98. The predicted octanol–water partition coefficient (Wildman–Crippen LogP) is 3.10. The average molecular weight is 398 g/mol. The number of hydrogen-bond donors (Lipinski definition) is 0. The van der Waals surface area contributed by atoms with Crippen LogP contribution in [0.25, 0.3) is 0 Å². The van der Waals surface area contributed by atoms with Crippen molar-refractivity contribution >= 4 is 29.1 Å². The first-order valence-corrected chi connectivity index (χ1v) is 10.0. The van der Waals surface area contributed by atoms with E-state index in [1.165, 1.54) is 10.5 Å². The summed E-state index contributed by atoms with van der Waals surface area (Å²) < 4.78 is 0. The van der Waals surface area contributed by atoms with E-state index in [9.17, 15) is 9.59 Å². The molecule has 2 aliphatic heterocycles. The van der Waals surface area contributed by atoms with Crippen molar-refractivity contribution in [2.75, 3.05) is 31.1 Å². The monoisotopic (exact) mass is 397 g/mol. The standard InChI is InChI=1S/C22H24ClN3O2/c1-16-3-2-4-19(13-16)26-21(27)14-20(22(26)28)25-11-9-24(10-12-25)15-17-5-7-18(23)8-6-17/h2-8,13,20H,9-12,14-15H2,1H3/t20-/m1/s1. The first-order chi connectivity index (χ1) is 13.5. The molecule has 0 spiro atoms. The zero-order valence-electron chi connectivity index (χ0n) is 16.0. The summed E-state index contributed by atoms with van der Waals surface area (Å²) in [4.78, 5) is 31.4. The number of benzene rings is 2. The molecule has 0 saturated carbocycles. The van der Waals surface area contributed by atoms with Crippen LogP contribution in [-0.2, 0) is 16.1 Å². The summed E-state index contributed by atoms with van der Waals surface area (Å²) in [7, 11) is 0. The molecule has 0 unspecified atom stereocenters. The molecule has 0 N–H and O–H groups in total. The Morgan fingerprint density at radius 3 is 2.39 bits per heavy atom. The maximum atomic E-state index is 13.0. The van der Waals surface area contributed by atoms with Crippen LogP contribution in [0.5, 0.6) is 0 Å². The van der Waals surface area contributed by atoms with Gasteiger partial charge in [-0.05, 0) is 42.3 Å². The lowest BCUT2D eigenvalue weighted by Gasteiger charge is -2.37. The fourth-order valence-electron chi connectivity index (χ4n) is 4.02. The number of piperazine rings is 1. The van der Waals surface area contributed by atoms with Gasteiger partial charge < -0.3 is 0 Å². The second-order valence-corrected chi connectivity index (χ2v) is 8.00. The smallest absolute Gasteiger partial charge is 0.251 e. The Morgan fingerprint density at radius 1 is 1.00 bits per heavy atom. The lowest BCUT2D eigenvalue weighted by Crippen LogP contribution is -2.52. The SMILES string of the molecule is Cc1cccc(N2C(=O)C[C@@H](N3CCN(Cc4ccc(Cl)cc4)CC3)C2=O)c1. The van der Waals surface area contributed by atoms with Crippen molar-refractivity contribution in [3.05, 3.63) is 64.7 Å². The highest BCUT2D eigenvalue weighted by Crippen LogP contribution is 2.27. The summed E-state index contributed by atoms with van der Waals surface area (Å²) in [6.07, 6.45) is 0.268. The summed E-state index contributed by atoms with van der Waals surface area (Å²) in [5.41, 5.74) is 2.95. The van der Waals surface area contributed by atoms with Gasteiger partial charge in [0.15, 0.2) is 0 Å². The number of anilines is 1. The minimum Gasteiger partial charge on any atom is -0.297 e. The van der Waals surface area contributed by atoms with Gasteiger partial charge in [-0.15, -0.1) is 0 Å². The number of aryl methyl sites for hydroxylation is 1. The zero-order valence-corrected chi connectivity index (χ0v) is 16.7. The Morgan fingerprint density at radius 2 is 1.71 bits per heavy atom. The molecule has 0 bridgehead atoms. The van der Waals surface area contributed by atoms with Crippen LogP contribution in [0.4, 0.5) is 5.69 Å². The van der Waals surface area contributed by atoms with E-state index in [-0.39, 0.29) is 24.3 Å². The third-order valence-electron chi connectivity index (χ3n) is 5.55. The summed E-state index contributed by atoms with van der Waals surface area (Å²) in [6.45, 7) is 6.18. The molecule has 2 saturated heterocycles. The molecular formula is C22H24ClN3O2. The fraction of sp³-hybridized carbons (Fsp3) is 0.364. The van der Waals surface area contributed by atoms with Crippen molar-refractivity contribution in [1.29, 1.82) is 0 Å². The first kappa shape index (κ1) is 19.1. The minimum absolute atomic E-state index is 0.0956. The van der Waals surface area contributed by atoms with Gasteiger partial charge in [-0.3, -0.25) is 19.4 Å². The molecule has 1 atom stereocenters. The van der Waals surface area contributed by atoms with E-state index < -0.39 is 0 Å². The normalized spacial score (nSPS) is 21.5. The number of carbonyl (C=O) groups excluding carboxylic acids is 2. The number of halogens is 1. The summed E-state index contributed by atoms with van der Waals surface area (Å²) in [5, 5.41) is 0.746. The van der Waals surface area contributed by atoms with Gasteiger partial charge in [0.25, 0.3) is 5.91 Å². The molecular weight excluding hydrogens is 374 g/mol. The maximum absolute atomic E-state index is 13.0. The van der Waals surface area contributed by atoms with E-state index in [2.05, 4.69) is 9.80 Å². The van der Waals surface area contributed by atoms with Crippen molar-refractivity contribution in [2.45, 2.75) is 25.9 Å². The van der Waals surface area contributed by atoms with Crippen LogP contribution in [0.1, 0.15) is 17.5 Å². The summed E-state index contributed by atoms with van der Waals surface area (Å²) in [5.74, 6) is -0.203. The summed E-state index contributed by atoms with van der Waals surface area (Å²) in [6, 6.07) is 15.1. The molecule has 0 aliphatic carbocycles. The third kappa shape index (κ3) is 3.97.